The SMILES string of the molecule is CCNC(=NCc1nc(C)c(C)o1)NCCNc1ccccc1[N+](=O)[O-].I. The molecule has 2 aromatic rings. The molecule has 0 bridgehead atoms. The van der Waals surface area contributed by atoms with E-state index in [1.165, 1.54) is 6.07 Å². The number of nitrogens with zero attached hydrogens (tertiary/aromatic N) is 3. The van der Waals surface area contributed by atoms with Crippen molar-refractivity contribution < 1.29 is 9.34 Å². The molecule has 0 amide bonds. The number of benzene rings is 1. The third-order valence-electron chi connectivity index (χ3n) is 3.62. The van der Waals surface area contributed by atoms with Gasteiger partial charge < -0.3 is 20.4 Å². The van der Waals surface area contributed by atoms with Crippen LogP contribution in [0.25, 0.3) is 0 Å². The minimum atomic E-state index is -0.401. The molecule has 0 spiro atoms. The Bertz CT molecular complexity index is 758. The molecule has 1 aromatic heterocycles. The van der Waals surface area contributed by atoms with E-state index in [9.17, 15) is 10.1 Å². The van der Waals surface area contributed by atoms with Gasteiger partial charge in [0.2, 0.25) is 5.89 Å². The Kier molecular flexibility index (Phi) is 9.54. The Hall–Kier alpha value is -2.37. The molecule has 0 saturated heterocycles. The lowest BCUT2D eigenvalue weighted by atomic mass is 10.2. The van der Waals surface area contributed by atoms with Crippen molar-refractivity contribution in [1.82, 2.24) is 15.6 Å². The van der Waals surface area contributed by atoms with Crippen LogP contribution in [0.1, 0.15) is 24.3 Å². The number of nitro benzene ring substituents is 1. The van der Waals surface area contributed by atoms with E-state index in [1.807, 2.05) is 20.8 Å². The van der Waals surface area contributed by atoms with E-state index in [-0.39, 0.29) is 29.7 Å². The molecule has 2 rings (SSSR count). The first kappa shape index (κ1) is 22.7. The number of anilines is 1. The van der Waals surface area contributed by atoms with Gasteiger partial charge in [0.25, 0.3) is 5.69 Å². The summed E-state index contributed by atoms with van der Waals surface area (Å²) in [7, 11) is 0. The minimum Gasteiger partial charge on any atom is -0.444 e. The van der Waals surface area contributed by atoms with Gasteiger partial charge in [0, 0.05) is 25.7 Å². The molecule has 0 atom stereocenters. The molecule has 0 aliphatic heterocycles. The molecule has 0 aliphatic carbocycles. The first-order valence-corrected chi connectivity index (χ1v) is 8.43. The highest BCUT2D eigenvalue weighted by Gasteiger charge is 2.11. The Morgan fingerprint density at radius 3 is 2.63 bits per heavy atom. The molecule has 0 fully saturated rings. The number of rotatable bonds is 8. The summed E-state index contributed by atoms with van der Waals surface area (Å²) in [4.78, 5) is 19.3. The second-order valence-corrected chi connectivity index (χ2v) is 5.57. The molecule has 0 saturated carbocycles. The summed E-state index contributed by atoms with van der Waals surface area (Å²) in [6.07, 6.45) is 0. The normalized spacial score (nSPS) is 10.9. The van der Waals surface area contributed by atoms with Crippen LogP contribution in [0.4, 0.5) is 11.4 Å². The predicted molar refractivity (Wildman–Crippen MR) is 116 cm³/mol. The minimum absolute atomic E-state index is 0. The monoisotopic (exact) mass is 488 g/mol. The third kappa shape index (κ3) is 7.04. The van der Waals surface area contributed by atoms with Crippen LogP contribution in [0, 0.1) is 24.0 Å². The summed E-state index contributed by atoms with van der Waals surface area (Å²) in [5.74, 6) is 1.99. The van der Waals surface area contributed by atoms with E-state index < -0.39 is 4.92 Å². The molecular formula is C17H25IN6O3. The second kappa shape index (κ2) is 11.4. The Labute approximate surface area is 175 Å². The van der Waals surface area contributed by atoms with Crippen molar-refractivity contribution in [2.45, 2.75) is 27.3 Å². The number of hydrogen-bond acceptors (Lipinski definition) is 6. The number of hydrogen-bond donors (Lipinski definition) is 3. The number of aromatic nitrogens is 1. The van der Waals surface area contributed by atoms with Gasteiger partial charge in [-0.05, 0) is 26.8 Å². The lowest BCUT2D eigenvalue weighted by Gasteiger charge is -2.12. The van der Waals surface area contributed by atoms with Crippen molar-refractivity contribution >= 4 is 41.3 Å². The van der Waals surface area contributed by atoms with Gasteiger partial charge in [-0.15, -0.1) is 24.0 Å². The smallest absolute Gasteiger partial charge is 0.292 e. The highest BCUT2D eigenvalue weighted by atomic mass is 127. The van der Waals surface area contributed by atoms with Crippen LogP contribution in [0.5, 0.6) is 0 Å². The summed E-state index contributed by atoms with van der Waals surface area (Å²) in [6, 6.07) is 6.56. The molecule has 1 aromatic carbocycles. The predicted octanol–water partition coefficient (Wildman–Crippen LogP) is 2.98. The fourth-order valence-corrected chi connectivity index (χ4v) is 2.26. The van der Waals surface area contributed by atoms with E-state index >= 15 is 0 Å². The third-order valence-corrected chi connectivity index (χ3v) is 3.62. The van der Waals surface area contributed by atoms with Crippen molar-refractivity contribution in [3.05, 3.63) is 51.7 Å². The second-order valence-electron chi connectivity index (χ2n) is 5.57. The van der Waals surface area contributed by atoms with Crippen LogP contribution in [0.2, 0.25) is 0 Å². The van der Waals surface area contributed by atoms with Gasteiger partial charge in [0.05, 0.1) is 10.6 Å². The average molecular weight is 488 g/mol. The van der Waals surface area contributed by atoms with Crippen LogP contribution in [0.15, 0.2) is 33.7 Å². The van der Waals surface area contributed by atoms with Crippen LogP contribution >= 0.6 is 24.0 Å². The van der Waals surface area contributed by atoms with Gasteiger partial charge in [-0.1, -0.05) is 12.1 Å². The van der Waals surface area contributed by atoms with Crippen molar-refractivity contribution in [2.24, 2.45) is 4.99 Å². The number of guanidine groups is 1. The topological polar surface area (TPSA) is 118 Å². The van der Waals surface area contributed by atoms with E-state index in [2.05, 4.69) is 25.9 Å². The van der Waals surface area contributed by atoms with E-state index in [0.717, 1.165) is 11.5 Å². The highest BCUT2D eigenvalue weighted by Crippen LogP contribution is 2.22. The number of para-hydroxylation sites is 2. The summed E-state index contributed by atoms with van der Waals surface area (Å²) in [6.45, 7) is 7.84. The van der Waals surface area contributed by atoms with Crippen molar-refractivity contribution in [1.29, 1.82) is 0 Å². The van der Waals surface area contributed by atoms with Gasteiger partial charge in [0.1, 0.15) is 18.0 Å². The zero-order valence-electron chi connectivity index (χ0n) is 15.6. The molecule has 1 heterocycles. The summed E-state index contributed by atoms with van der Waals surface area (Å²) < 4.78 is 5.51. The lowest BCUT2D eigenvalue weighted by molar-refractivity contribution is -0.384. The first-order valence-electron chi connectivity index (χ1n) is 8.43. The van der Waals surface area contributed by atoms with E-state index in [0.29, 0.717) is 43.7 Å². The number of nitro groups is 1. The molecule has 3 N–H and O–H groups in total. The number of halogens is 1. The molecular weight excluding hydrogens is 463 g/mol. The average Bonchev–Trinajstić information content (AvgIpc) is 2.94. The first-order chi connectivity index (χ1) is 12.5. The Morgan fingerprint density at radius 1 is 1.26 bits per heavy atom. The van der Waals surface area contributed by atoms with Gasteiger partial charge in [0.15, 0.2) is 5.96 Å². The molecule has 0 aliphatic rings. The Balaban J connectivity index is 0.00000364. The standard InChI is InChI=1S/C17H24N6O3.HI/c1-4-18-17(21-11-16-22-12(2)13(3)26-16)20-10-9-19-14-7-5-6-8-15(14)23(24)25;/h5-8,19H,4,9-11H2,1-3H3,(H2,18,20,21);1H. The van der Waals surface area contributed by atoms with Gasteiger partial charge >= 0.3 is 0 Å². The number of oxazole rings is 1. The fourth-order valence-electron chi connectivity index (χ4n) is 2.26. The maximum Gasteiger partial charge on any atom is 0.292 e. The van der Waals surface area contributed by atoms with Crippen molar-refractivity contribution in [2.75, 3.05) is 25.0 Å². The summed E-state index contributed by atoms with van der Waals surface area (Å²) >= 11 is 0. The molecule has 9 nitrogen and oxygen atoms in total. The van der Waals surface area contributed by atoms with Gasteiger partial charge in [-0.2, -0.15) is 0 Å². The van der Waals surface area contributed by atoms with Gasteiger partial charge in [-0.25, -0.2) is 9.98 Å². The lowest BCUT2D eigenvalue weighted by Crippen LogP contribution is -2.39. The van der Waals surface area contributed by atoms with Crippen molar-refractivity contribution in [3.63, 3.8) is 0 Å². The highest BCUT2D eigenvalue weighted by molar-refractivity contribution is 14.0. The largest absolute Gasteiger partial charge is 0.444 e. The van der Waals surface area contributed by atoms with Crippen molar-refractivity contribution in [3.8, 4) is 0 Å². The molecule has 10 heteroatoms. The molecule has 0 radical (unpaired) electrons. The van der Waals surface area contributed by atoms with E-state index in [1.54, 1.807) is 18.2 Å². The molecule has 27 heavy (non-hydrogen) atoms. The number of aliphatic imine (C=N–C) groups is 1. The zero-order valence-corrected chi connectivity index (χ0v) is 17.9. The molecule has 0 unspecified atom stereocenters. The summed E-state index contributed by atoms with van der Waals surface area (Å²) in [5.41, 5.74) is 1.41. The maximum absolute atomic E-state index is 11.0. The van der Waals surface area contributed by atoms with Crippen LogP contribution in [0.3, 0.4) is 0 Å². The molecule has 148 valence electrons. The maximum atomic E-state index is 11.0. The quantitative estimate of drug-likeness (QED) is 0.131. The number of nitrogens with one attached hydrogen (secondary N) is 3. The summed E-state index contributed by atoms with van der Waals surface area (Å²) in [5, 5.41) is 20.4. The Morgan fingerprint density at radius 2 is 2.00 bits per heavy atom. The zero-order chi connectivity index (χ0) is 18.9. The van der Waals surface area contributed by atoms with Crippen LogP contribution in [-0.2, 0) is 6.54 Å². The van der Waals surface area contributed by atoms with E-state index in [4.69, 9.17) is 4.42 Å². The van der Waals surface area contributed by atoms with Gasteiger partial charge in [-0.3, -0.25) is 10.1 Å². The fraction of sp³-hybridized carbons (Fsp3) is 0.412. The van der Waals surface area contributed by atoms with Crippen LogP contribution in [-0.4, -0.2) is 35.5 Å². The van der Waals surface area contributed by atoms with Crippen LogP contribution < -0.4 is 16.0 Å². The number of aryl methyl sites for hydroxylation is 2.